The van der Waals surface area contributed by atoms with Gasteiger partial charge in [-0.05, 0) is 57.5 Å². The van der Waals surface area contributed by atoms with Gasteiger partial charge in [0.25, 0.3) is 0 Å². The Morgan fingerprint density at radius 1 is 1.19 bits per heavy atom. The van der Waals surface area contributed by atoms with Crippen LogP contribution in [0.15, 0.2) is 23.7 Å². The van der Waals surface area contributed by atoms with E-state index in [9.17, 15) is 4.79 Å². The van der Waals surface area contributed by atoms with Gasteiger partial charge in [0, 0.05) is 12.8 Å². The highest BCUT2D eigenvalue weighted by atomic mass is 28.4. The first-order chi connectivity index (χ1) is 11.8. The highest BCUT2D eigenvalue weighted by molar-refractivity contribution is 6.74. The molecule has 1 rings (SSSR count). The summed E-state index contributed by atoms with van der Waals surface area (Å²) < 4.78 is 18.0. The van der Waals surface area contributed by atoms with Crippen molar-refractivity contribution < 1.29 is 18.7 Å². The molecule has 150 valence electrons. The molecule has 0 aromatic carbocycles. The third-order valence-corrected chi connectivity index (χ3v) is 9.42. The zero-order valence-corrected chi connectivity index (χ0v) is 19.2. The Bertz CT molecular complexity index is 547. The van der Waals surface area contributed by atoms with Crippen molar-refractivity contribution >= 4 is 14.3 Å². The Hall–Kier alpha value is -1.23. The molecule has 4 nitrogen and oxygen atoms in total. The molecule has 5 heteroatoms. The molecule has 0 fully saturated rings. The first-order valence-corrected chi connectivity index (χ1v) is 12.6. The van der Waals surface area contributed by atoms with Gasteiger partial charge in [0.05, 0.1) is 16.9 Å². The van der Waals surface area contributed by atoms with Crippen LogP contribution in [0.3, 0.4) is 0 Å². The Kier molecular flexibility index (Phi) is 7.58. The molecule has 0 aliphatic carbocycles. The SMILES string of the molecule is CC/C1=C/C=C(/O[Si](C)(C)C(C)(C)C)CC[C@H](COC(=O)C(C)(C)C)O1. The largest absolute Gasteiger partial charge is 0.547 e. The maximum atomic E-state index is 12.1. The van der Waals surface area contributed by atoms with Crippen LogP contribution in [-0.2, 0) is 18.7 Å². The standard InChI is InChI=1S/C21H38O4Si/c1-10-16-11-12-17(25-26(8,9)21(5,6)7)13-14-18(24-16)15-23-19(22)20(2,3)4/h11-12,18H,10,13-15H2,1-9H3/b16-11-,17-12+/t18-/m1/s1. The fraction of sp³-hybridized carbons (Fsp3) is 0.762. The van der Waals surface area contributed by atoms with Gasteiger partial charge >= 0.3 is 5.97 Å². The Balaban J connectivity index is 2.82. The summed E-state index contributed by atoms with van der Waals surface area (Å²) in [6.07, 6.45) is 6.27. The zero-order valence-electron chi connectivity index (χ0n) is 18.2. The van der Waals surface area contributed by atoms with Crippen molar-refractivity contribution in [1.82, 2.24) is 0 Å². The topological polar surface area (TPSA) is 44.8 Å². The van der Waals surface area contributed by atoms with Crippen LogP contribution in [0.1, 0.15) is 67.7 Å². The van der Waals surface area contributed by atoms with Crippen LogP contribution in [0.5, 0.6) is 0 Å². The molecule has 0 aromatic heterocycles. The van der Waals surface area contributed by atoms with Crippen molar-refractivity contribution in [3.63, 3.8) is 0 Å². The molecule has 0 amide bonds. The van der Waals surface area contributed by atoms with E-state index in [4.69, 9.17) is 13.9 Å². The summed E-state index contributed by atoms with van der Waals surface area (Å²) in [5.41, 5.74) is -0.498. The first-order valence-electron chi connectivity index (χ1n) is 9.69. The van der Waals surface area contributed by atoms with Crippen molar-refractivity contribution in [2.75, 3.05) is 6.61 Å². The van der Waals surface area contributed by atoms with Gasteiger partial charge in [-0.25, -0.2) is 0 Å². The van der Waals surface area contributed by atoms with Gasteiger partial charge in [0.1, 0.15) is 12.7 Å². The third kappa shape index (κ3) is 6.82. The quantitative estimate of drug-likeness (QED) is 0.435. The molecule has 0 bridgehead atoms. The van der Waals surface area contributed by atoms with E-state index in [0.717, 1.165) is 30.8 Å². The number of ether oxygens (including phenoxy) is 2. The molecule has 0 spiro atoms. The minimum atomic E-state index is -1.87. The van der Waals surface area contributed by atoms with Crippen molar-refractivity contribution in [2.24, 2.45) is 5.41 Å². The molecule has 0 saturated carbocycles. The van der Waals surface area contributed by atoms with Crippen molar-refractivity contribution in [3.8, 4) is 0 Å². The molecule has 26 heavy (non-hydrogen) atoms. The molecule has 0 saturated heterocycles. The van der Waals surface area contributed by atoms with Crippen LogP contribution in [0, 0.1) is 5.41 Å². The minimum Gasteiger partial charge on any atom is -0.547 e. The average Bonchev–Trinajstić information content (AvgIpc) is 2.47. The normalized spacial score (nSPS) is 23.5. The monoisotopic (exact) mass is 382 g/mol. The lowest BCUT2D eigenvalue weighted by atomic mass is 9.97. The fourth-order valence-corrected chi connectivity index (χ4v) is 3.29. The highest BCUT2D eigenvalue weighted by Crippen LogP contribution is 2.38. The Labute approximate surface area is 161 Å². The van der Waals surface area contributed by atoms with Gasteiger partial charge in [-0.3, -0.25) is 4.79 Å². The maximum Gasteiger partial charge on any atom is 0.311 e. The first kappa shape index (κ1) is 22.8. The van der Waals surface area contributed by atoms with E-state index in [0.29, 0.717) is 0 Å². The molecular formula is C21H38O4Si. The summed E-state index contributed by atoms with van der Waals surface area (Å²) >= 11 is 0. The lowest BCUT2D eigenvalue weighted by Crippen LogP contribution is -2.40. The van der Waals surface area contributed by atoms with Crippen molar-refractivity contribution in [1.29, 1.82) is 0 Å². The van der Waals surface area contributed by atoms with Gasteiger partial charge in [-0.1, -0.05) is 27.7 Å². The number of esters is 1. The van der Waals surface area contributed by atoms with E-state index in [1.807, 2.05) is 26.8 Å². The number of carbonyl (C=O) groups excluding carboxylic acids is 1. The number of hydrogen-bond donors (Lipinski definition) is 0. The summed E-state index contributed by atoms with van der Waals surface area (Å²) in [5.74, 6) is 1.72. The molecule has 0 aromatic rings. The number of hydrogen-bond acceptors (Lipinski definition) is 4. The zero-order chi connectivity index (χ0) is 20.2. The minimum absolute atomic E-state index is 0.140. The van der Waals surface area contributed by atoms with Gasteiger partial charge in [0.2, 0.25) is 8.32 Å². The van der Waals surface area contributed by atoms with Crippen LogP contribution in [0.25, 0.3) is 0 Å². The molecule has 0 radical (unpaired) electrons. The molecule has 1 aliphatic rings. The van der Waals surface area contributed by atoms with Gasteiger partial charge in [-0.15, -0.1) is 0 Å². The molecule has 1 aliphatic heterocycles. The van der Waals surface area contributed by atoms with Gasteiger partial charge < -0.3 is 13.9 Å². The van der Waals surface area contributed by atoms with Crippen LogP contribution in [-0.4, -0.2) is 27.0 Å². The van der Waals surface area contributed by atoms with Crippen LogP contribution >= 0.6 is 0 Å². The smallest absolute Gasteiger partial charge is 0.311 e. The van der Waals surface area contributed by atoms with E-state index in [2.05, 4.69) is 46.9 Å². The molecule has 1 heterocycles. The number of allylic oxidation sites excluding steroid dienone is 4. The van der Waals surface area contributed by atoms with Crippen LogP contribution < -0.4 is 0 Å². The van der Waals surface area contributed by atoms with Crippen molar-refractivity contribution in [3.05, 3.63) is 23.7 Å². The highest BCUT2D eigenvalue weighted by Gasteiger charge is 2.39. The Morgan fingerprint density at radius 3 is 2.31 bits per heavy atom. The average molecular weight is 383 g/mol. The van der Waals surface area contributed by atoms with E-state index >= 15 is 0 Å². The summed E-state index contributed by atoms with van der Waals surface area (Å²) in [5, 5.41) is 0.158. The molecule has 1 atom stereocenters. The summed E-state index contributed by atoms with van der Waals surface area (Å²) in [4.78, 5) is 12.1. The lowest BCUT2D eigenvalue weighted by Gasteiger charge is -2.37. The second-order valence-electron chi connectivity index (χ2n) is 9.61. The predicted molar refractivity (Wildman–Crippen MR) is 109 cm³/mol. The van der Waals surface area contributed by atoms with E-state index < -0.39 is 13.7 Å². The van der Waals surface area contributed by atoms with E-state index in [1.165, 1.54) is 0 Å². The maximum absolute atomic E-state index is 12.1. The van der Waals surface area contributed by atoms with Gasteiger partial charge in [0.15, 0.2) is 0 Å². The van der Waals surface area contributed by atoms with Gasteiger partial charge in [-0.2, -0.15) is 0 Å². The lowest BCUT2D eigenvalue weighted by molar-refractivity contribution is -0.156. The van der Waals surface area contributed by atoms with Crippen LogP contribution in [0.4, 0.5) is 0 Å². The second-order valence-corrected chi connectivity index (χ2v) is 14.3. The number of carbonyl (C=O) groups is 1. The van der Waals surface area contributed by atoms with Crippen LogP contribution in [0.2, 0.25) is 18.1 Å². The third-order valence-electron chi connectivity index (χ3n) is 5.04. The molecular weight excluding hydrogens is 344 g/mol. The summed E-state index contributed by atoms with van der Waals surface area (Å²) in [7, 11) is -1.87. The molecule has 0 unspecified atom stereocenters. The molecule has 0 N–H and O–H groups in total. The second kappa shape index (κ2) is 8.64. The number of rotatable bonds is 5. The summed E-state index contributed by atoms with van der Waals surface area (Å²) in [6, 6.07) is 0. The predicted octanol–water partition coefficient (Wildman–Crippen LogP) is 5.95. The summed E-state index contributed by atoms with van der Waals surface area (Å²) in [6.45, 7) is 19.2. The van der Waals surface area contributed by atoms with Crippen molar-refractivity contribution in [2.45, 2.75) is 92.0 Å². The fourth-order valence-electron chi connectivity index (χ4n) is 2.15. The van der Waals surface area contributed by atoms with E-state index in [1.54, 1.807) is 0 Å². The Morgan fingerprint density at radius 2 is 1.81 bits per heavy atom. The van der Waals surface area contributed by atoms with E-state index in [-0.39, 0.29) is 23.7 Å².